The van der Waals surface area contributed by atoms with Crippen molar-refractivity contribution in [3.8, 4) is 0 Å². The molecule has 480 valence electrons. The zero-order valence-electron chi connectivity index (χ0n) is 51.2. The Morgan fingerprint density at radius 2 is 1.25 bits per heavy atom. The van der Waals surface area contributed by atoms with Gasteiger partial charge in [-0.15, -0.1) is 0 Å². The van der Waals surface area contributed by atoms with E-state index in [2.05, 4.69) is 68.1 Å². The number of hydrogen-bond acceptors (Lipinski definition) is 14. The Morgan fingerprint density at radius 3 is 1.89 bits per heavy atom. The Kier molecular flexibility index (Phi) is 27.5. The maximum atomic E-state index is 14.5. The summed E-state index contributed by atoms with van der Waals surface area (Å²) >= 11 is 0. The number of rotatable bonds is 35. The highest BCUT2D eigenvalue weighted by Crippen LogP contribution is 2.20. The minimum absolute atomic E-state index is 0.0286. The highest BCUT2D eigenvalue weighted by molar-refractivity contribution is 5.98. The van der Waals surface area contributed by atoms with Crippen molar-refractivity contribution in [1.82, 2.24) is 68.1 Å². The van der Waals surface area contributed by atoms with Crippen LogP contribution >= 0.6 is 0 Å². The molecule has 10 atom stereocenters. The molecule has 5 rings (SSSR count). The average Bonchev–Trinajstić information content (AvgIpc) is 3.29. The molecule has 0 unspecified atom stereocenters. The number of aliphatic hydroxyl groups is 1. The van der Waals surface area contributed by atoms with Crippen LogP contribution in [0, 0.1) is 17.8 Å². The Labute approximate surface area is 512 Å². The van der Waals surface area contributed by atoms with Crippen molar-refractivity contribution in [1.29, 1.82) is 0 Å². The lowest BCUT2D eigenvalue weighted by atomic mass is 9.96. The van der Waals surface area contributed by atoms with E-state index in [-0.39, 0.29) is 56.8 Å². The zero-order chi connectivity index (χ0) is 64.6. The third-order valence-electron chi connectivity index (χ3n) is 14.9. The molecular formula is C61H89N15O12. The third-order valence-corrected chi connectivity index (χ3v) is 14.9. The van der Waals surface area contributed by atoms with Crippen molar-refractivity contribution in [3.63, 3.8) is 0 Å². The molecule has 0 spiro atoms. The molecule has 0 radical (unpaired) electrons. The molecular weight excluding hydrogens is 1130 g/mol. The van der Waals surface area contributed by atoms with Gasteiger partial charge in [0.1, 0.15) is 42.3 Å². The van der Waals surface area contributed by atoms with Crippen LogP contribution in [0.2, 0.25) is 0 Å². The number of fused-ring (bicyclic) bond motifs is 1. The molecule has 0 aliphatic carbocycles. The lowest BCUT2D eigenvalue weighted by Gasteiger charge is -2.28. The number of aromatic nitrogens is 3. The number of nitrogens with two attached hydrogens (primary N) is 2. The van der Waals surface area contributed by atoms with Gasteiger partial charge < -0.3 is 79.7 Å². The van der Waals surface area contributed by atoms with Gasteiger partial charge in [-0.2, -0.15) is 0 Å². The second-order valence-electron chi connectivity index (χ2n) is 23.7. The van der Waals surface area contributed by atoms with Crippen LogP contribution in [0.5, 0.6) is 0 Å². The van der Waals surface area contributed by atoms with Crippen molar-refractivity contribution in [2.75, 3.05) is 13.1 Å². The Balaban J connectivity index is 1.27. The van der Waals surface area contributed by atoms with Crippen molar-refractivity contribution in [3.05, 3.63) is 90.1 Å². The fourth-order valence-corrected chi connectivity index (χ4v) is 10.2. The average molecular weight is 1220 g/mol. The summed E-state index contributed by atoms with van der Waals surface area (Å²) in [4.78, 5) is 159. The molecule has 1 saturated heterocycles. The van der Waals surface area contributed by atoms with Crippen LogP contribution < -0.4 is 64.6 Å². The number of carbonyl (C=O) groups is 11. The summed E-state index contributed by atoms with van der Waals surface area (Å²) in [5, 5.41) is 39.1. The van der Waals surface area contributed by atoms with Crippen LogP contribution in [0.15, 0.2) is 73.3 Å². The number of nitrogens with one attached hydrogen (secondary N) is 12. The molecule has 0 saturated carbocycles. The molecule has 1 aliphatic rings. The molecule has 1 aliphatic heterocycles. The molecule has 27 nitrogen and oxygen atoms in total. The van der Waals surface area contributed by atoms with E-state index in [0.717, 1.165) is 29.3 Å². The van der Waals surface area contributed by atoms with E-state index in [4.69, 9.17) is 11.5 Å². The number of benzene rings is 2. The van der Waals surface area contributed by atoms with Crippen molar-refractivity contribution >= 4 is 75.9 Å². The maximum Gasteiger partial charge on any atom is 0.243 e. The number of carbonyl (C=O) groups excluding carboxylic acids is 11. The van der Waals surface area contributed by atoms with Crippen LogP contribution in [0.1, 0.15) is 117 Å². The minimum atomic E-state index is -1.44. The summed E-state index contributed by atoms with van der Waals surface area (Å²) in [5.41, 5.74) is 13.5. The van der Waals surface area contributed by atoms with Gasteiger partial charge in [-0.05, 0) is 80.5 Å². The van der Waals surface area contributed by atoms with Crippen molar-refractivity contribution in [2.45, 2.75) is 180 Å². The van der Waals surface area contributed by atoms with Gasteiger partial charge in [0.15, 0.2) is 0 Å². The van der Waals surface area contributed by atoms with Crippen LogP contribution in [-0.2, 0) is 72.0 Å². The normalized spacial score (nSPS) is 16.3. The molecule has 2 aromatic carbocycles. The number of hydrogen-bond donors (Lipinski definition) is 15. The van der Waals surface area contributed by atoms with Gasteiger partial charge >= 0.3 is 0 Å². The molecule has 4 aromatic rings. The molecule has 2 aromatic heterocycles. The van der Waals surface area contributed by atoms with Crippen molar-refractivity contribution < 1.29 is 57.8 Å². The summed E-state index contributed by atoms with van der Waals surface area (Å²) in [6.07, 6.45) is 4.58. The van der Waals surface area contributed by atoms with Gasteiger partial charge in [0, 0.05) is 54.7 Å². The quantitative estimate of drug-likeness (QED) is 0.0272. The molecule has 3 heterocycles. The molecule has 17 N–H and O–H groups in total. The number of amides is 11. The predicted molar refractivity (Wildman–Crippen MR) is 326 cm³/mol. The molecule has 0 bridgehead atoms. The van der Waals surface area contributed by atoms with Gasteiger partial charge in [-0.1, -0.05) is 96.5 Å². The van der Waals surface area contributed by atoms with Gasteiger partial charge in [-0.3, -0.25) is 52.7 Å². The number of para-hydroxylation sites is 1. The third kappa shape index (κ3) is 22.9. The van der Waals surface area contributed by atoms with E-state index in [9.17, 15) is 57.8 Å². The highest BCUT2D eigenvalue weighted by Gasteiger charge is 2.35. The Bertz CT molecular complexity index is 3000. The first-order valence-corrected chi connectivity index (χ1v) is 30.0. The molecule has 11 amide bonds. The Hall–Kier alpha value is -8.72. The smallest absolute Gasteiger partial charge is 0.243 e. The van der Waals surface area contributed by atoms with Gasteiger partial charge in [0.2, 0.25) is 65.0 Å². The number of aliphatic hydroxyl groups excluding tert-OH is 1. The maximum absolute atomic E-state index is 14.5. The molecule has 27 heteroatoms. The second-order valence-corrected chi connectivity index (χ2v) is 23.7. The van der Waals surface area contributed by atoms with Gasteiger partial charge in [0.25, 0.3) is 0 Å². The summed E-state index contributed by atoms with van der Waals surface area (Å²) in [6, 6.07) is 5.78. The lowest BCUT2D eigenvalue weighted by Crippen LogP contribution is -2.60. The monoisotopic (exact) mass is 1220 g/mol. The summed E-state index contributed by atoms with van der Waals surface area (Å²) in [6.45, 7) is 12.0. The number of aromatic amines is 2. The minimum Gasteiger partial charge on any atom is -0.390 e. The predicted octanol–water partition coefficient (Wildman–Crippen LogP) is -0.675. The van der Waals surface area contributed by atoms with Crippen LogP contribution in [0.25, 0.3) is 10.9 Å². The topological polar surface area (TPSA) is 425 Å². The summed E-state index contributed by atoms with van der Waals surface area (Å²) < 4.78 is 0. The number of piperidine rings is 1. The highest BCUT2D eigenvalue weighted by atomic mass is 16.3. The summed E-state index contributed by atoms with van der Waals surface area (Å²) in [7, 11) is 0. The fourth-order valence-electron chi connectivity index (χ4n) is 10.2. The molecule has 1 fully saturated rings. The first kappa shape index (κ1) is 70.0. The number of primary amides is 2. The van der Waals surface area contributed by atoms with Crippen LogP contribution in [-0.4, -0.2) is 159 Å². The van der Waals surface area contributed by atoms with E-state index in [0.29, 0.717) is 24.2 Å². The van der Waals surface area contributed by atoms with Crippen molar-refractivity contribution in [2.24, 2.45) is 29.2 Å². The second kappa shape index (κ2) is 34.6. The first-order chi connectivity index (χ1) is 41.8. The fraction of sp³-hybridized carbons (Fsp3) is 0.541. The molecule has 88 heavy (non-hydrogen) atoms. The van der Waals surface area contributed by atoms with Gasteiger partial charge in [0.05, 0.1) is 37.5 Å². The number of imidazole rings is 1. The lowest BCUT2D eigenvalue weighted by molar-refractivity contribution is -0.135. The number of nitrogens with zero attached hydrogens (tertiary/aromatic N) is 1. The SMILES string of the molecule is CC(C)C[C@H](NC(=O)C[C@H](O)[C@H](CC(C)C)NC(=O)[C@H](Cc1cnc[nH]1)NC(=O)CNC(=O)[C@@H](NC(=O)[C@H](C)NC(=O)[C@H](Cc1c[nH]c2ccccc12)NC(=O)[C@H](CCC(N)=O)NC(=O)[C@@H](Cc1ccccc1)NC(=O)[C@@H]1CCCCN1)C(C)C)C(N)=O. The van der Waals surface area contributed by atoms with E-state index in [1.165, 1.54) is 19.4 Å². The van der Waals surface area contributed by atoms with E-state index in [1.54, 1.807) is 56.4 Å². The van der Waals surface area contributed by atoms with E-state index < -0.39 is 144 Å². The van der Waals surface area contributed by atoms with Crippen LogP contribution in [0.4, 0.5) is 0 Å². The first-order valence-electron chi connectivity index (χ1n) is 30.0. The van der Waals surface area contributed by atoms with E-state index >= 15 is 0 Å². The van der Waals surface area contributed by atoms with E-state index in [1.807, 2.05) is 45.9 Å². The Morgan fingerprint density at radius 1 is 0.625 bits per heavy atom. The zero-order valence-corrected chi connectivity index (χ0v) is 51.2. The summed E-state index contributed by atoms with van der Waals surface area (Å²) in [5.74, 6) is -8.77. The van der Waals surface area contributed by atoms with Gasteiger partial charge in [-0.25, -0.2) is 4.98 Å². The van der Waals surface area contributed by atoms with Crippen LogP contribution in [0.3, 0.4) is 0 Å². The number of H-pyrrole nitrogens is 2. The standard InChI is InChI=1S/C61H89N15O12/c1-33(2)23-44(49(77)28-51(79)70-45(54(63)81)24-34(3)4)73-60(87)48(27-39-30-64-32-68-39)71-52(80)31-67-61(88)53(35(5)6)76-55(82)36(7)69-58(85)47(26-38-29-66-41-18-12-11-17-40(38)41)75-57(84)43(20-21-50(62)78)72-59(86)46(25-37-15-9-8-10-16-37)74-56(83)42-19-13-14-22-65-42/h8-12,15-18,29-30,32-36,42-49,53,65-66,77H,13-14,19-28,31H2,1-7H3,(H2,62,78)(H2,63,81)(H,64,68)(H,67,88)(H,69,85)(H,70,79)(H,71,80)(H,72,86)(H,73,87)(H,74,83)(H,75,84)(H,76,82)/t36-,42-,43-,44-,45-,46+,47-,48-,49-,53-/m0/s1. The largest absolute Gasteiger partial charge is 0.390 e.